The maximum Gasteiger partial charge on any atom is 0.319 e. The van der Waals surface area contributed by atoms with Gasteiger partial charge in [0.15, 0.2) is 0 Å². The van der Waals surface area contributed by atoms with Crippen LogP contribution in [0.2, 0.25) is 0 Å². The summed E-state index contributed by atoms with van der Waals surface area (Å²) in [5.41, 5.74) is 0. The summed E-state index contributed by atoms with van der Waals surface area (Å²) in [5, 5.41) is 8.61. The molecule has 1 aliphatic rings. The number of urea groups is 1. The number of hydrogen-bond acceptors (Lipinski definition) is 3. The number of piperidine rings is 1. The highest BCUT2D eigenvalue weighted by Crippen LogP contribution is 2.14. The topological polar surface area (TPSA) is 53.0 Å². The standard InChI is InChI=1S/C10H20N2O3/c1-11(2)10(14)12-5-3-9(4-6-12)15-8-7-13/h9,13H,3-8H2,1-2H3. The first-order valence-electron chi connectivity index (χ1n) is 5.34. The zero-order valence-corrected chi connectivity index (χ0v) is 9.48. The molecular formula is C10H20N2O3. The zero-order chi connectivity index (χ0) is 11.3. The largest absolute Gasteiger partial charge is 0.394 e. The predicted octanol–water partition coefficient (Wildman–Crippen LogP) is 0.141. The molecule has 1 fully saturated rings. The molecule has 15 heavy (non-hydrogen) atoms. The Hall–Kier alpha value is -0.810. The van der Waals surface area contributed by atoms with Gasteiger partial charge in [-0.15, -0.1) is 0 Å². The van der Waals surface area contributed by atoms with Crippen LogP contribution in [-0.4, -0.2) is 67.4 Å². The van der Waals surface area contributed by atoms with Crippen molar-refractivity contribution >= 4 is 6.03 Å². The first-order chi connectivity index (χ1) is 7.15. The van der Waals surface area contributed by atoms with Crippen LogP contribution in [0, 0.1) is 0 Å². The van der Waals surface area contributed by atoms with Gasteiger partial charge in [0.05, 0.1) is 19.3 Å². The zero-order valence-electron chi connectivity index (χ0n) is 9.48. The molecule has 5 nitrogen and oxygen atoms in total. The lowest BCUT2D eigenvalue weighted by Gasteiger charge is -2.33. The van der Waals surface area contributed by atoms with E-state index in [1.165, 1.54) is 0 Å². The average Bonchev–Trinajstić information content (AvgIpc) is 2.26. The van der Waals surface area contributed by atoms with Gasteiger partial charge in [-0.3, -0.25) is 0 Å². The lowest BCUT2D eigenvalue weighted by Crippen LogP contribution is -2.45. The van der Waals surface area contributed by atoms with Crippen molar-refractivity contribution in [3.8, 4) is 0 Å². The average molecular weight is 216 g/mol. The van der Waals surface area contributed by atoms with Crippen molar-refractivity contribution in [3.63, 3.8) is 0 Å². The molecule has 0 aromatic rings. The van der Waals surface area contributed by atoms with Gasteiger partial charge in [0.2, 0.25) is 0 Å². The maximum absolute atomic E-state index is 11.6. The van der Waals surface area contributed by atoms with Crippen LogP contribution in [0.25, 0.3) is 0 Å². The molecule has 0 aliphatic carbocycles. The smallest absolute Gasteiger partial charge is 0.319 e. The first kappa shape index (κ1) is 12.3. The van der Waals surface area contributed by atoms with Crippen LogP contribution in [0.15, 0.2) is 0 Å². The molecular weight excluding hydrogens is 196 g/mol. The second-order valence-corrected chi connectivity index (χ2v) is 3.96. The number of aliphatic hydroxyl groups excluding tert-OH is 1. The van der Waals surface area contributed by atoms with Crippen LogP contribution in [0.3, 0.4) is 0 Å². The minimum absolute atomic E-state index is 0.0654. The number of carbonyl (C=O) groups is 1. The van der Waals surface area contributed by atoms with Gasteiger partial charge >= 0.3 is 6.03 Å². The third-order valence-corrected chi connectivity index (χ3v) is 2.54. The summed E-state index contributed by atoms with van der Waals surface area (Å²) >= 11 is 0. The Morgan fingerprint density at radius 2 is 2.07 bits per heavy atom. The van der Waals surface area contributed by atoms with Crippen LogP contribution >= 0.6 is 0 Å². The van der Waals surface area contributed by atoms with Crippen molar-refractivity contribution in [2.45, 2.75) is 18.9 Å². The minimum Gasteiger partial charge on any atom is -0.394 e. The van der Waals surface area contributed by atoms with Gasteiger partial charge in [0.1, 0.15) is 0 Å². The Kier molecular flexibility index (Phi) is 4.84. The van der Waals surface area contributed by atoms with Crippen LogP contribution in [0.5, 0.6) is 0 Å². The van der Waals surface area contributed by atoms with E-state index in [-0.39, 0.29) is 18.7 Å². The Labute approximate surface area is 90.6 Å². The van der Waals surface area contributed by atoms with Crippen LogP contribution in [-0.2, 0) is 4.74 Å². The minimum atomic E-state index is 0.0654. The predicted molar refractivity (Wildman–Crippen MR) is 56.7 cm³/mol. The van der Waals surface area contributed by atoms with E-state index < -0.39 is 0 Å². The molecule has 0 atom stereocenters. The van der Waals surface area contributed by atoms with Crippen LogP contribution in [0.4, 0.5) is 4.79 Å². The molecule has 1 N–H and O–H groups in total. The fourth-order valence-electron chi connectivity index (χ4n) is 1.72. The molecule has 1 saturated heterocycles. The molecule has 0 aromatic heterocycles. The van der Waals surface area contributed by atoms with Gasteiger partial charge in [-0.05, 0) is 12.8 Å². The molecule has 0 unspecified atom stereocenters. The third-order valence-electron chi connectivity index (χ3n) is 2.54. The van der Waals surface area contributed by atoms with Crippen molar-refractivity contribution in [1.82, 2.24) is 9.80 Å². The highest BCUT2D eigenvalue weighted by molar-refractivity contribution is 5.73. The molecule has 0 aromatic carbocycles. The van der Waals surface area contributed by atoms with Crippen molar-refractivity contribution in [1.29, 1.82) is 0 Å². The highest BCUT2D eigenvalue weighted by atomic mass is 16.5. The van der Waals surface area contributed by atoms with Crippen molar-refractivity contribution < 1.29 is 14.6 Å². The molecule has 0 spiro atoms. The fraction of sp³-hybridized carbons (Fsp3) is 0.900. The number of aliphatic hydroxyl groups is 1. The van der Waals surface area contributed by atoms with E-state index in [1.54, 1.807) is 19.0 Å². The number of likely N-dealkylation sites (tertiary alicyclic amines) is 1. The summed E-state index contributed by atoms with van der Waals surface area (Å²) < 4.78 is 5.42. The Bertz CT molecular complexity index is 201. The van der Waals surface area contributed by atoms with Crippen molar-refractivity contribution in [2.24, 2.45) is 0 Å². The van der Waals surface area contributed by atoms with Gasteiger partial charge in [-0.1, -0.05) is 0 Å². The lowest BCUT2D eigenvalue weighted by molar-refractivity contribution is -0.00316. The summed E-state index contributed by atoms with van der Waals surface area (Å²) in [6.45, 7) is 1.95. The number of carbonyl (C=O) groups excluding carboxylic acids is 1. The summed E-state index contributed by atoms with van der Waals surface area (Å²) in [6.07, 6.45) is 1.92. The quantitative estimate of drug-likeness (QED) is 0.730. The summed E-state index contributed by atoms with van der Waals surface area (Å²) in [4.78, 5) is 15.0. The van der Waals surface area contributed by atoms with E-state index in [4.69, 9.17) is 9.84 Å². The van der Waals surface area contributed by atoms with Gasteiger partial charge < -0.3 is 19.6 Å². The van der Waals surface area contributed by atoms with E-state index in [0.717, 1.165) is 25.9 Å². The molecule has 0 radical (unpaired) electrons. The molecule has 1 aliphatic heterocycles. The molecule has 2 amide bonds. The number of hydrogen-bond donors (Lipinski definition) is 1. The Morgan fingerprint density at radius 3 is 2.53 bits per heavy atom. The normalized spacial score (nSPS) is 17.9. The van der Waals surface area contributed by atoms with Crippen molar-refractivity contribution in [2.75, 3.05) is 40.4 Å². The Morgan fingerprint density at radius 1 is 1.47 bits per heavy atom. The molecule has 0 bridgehead atoms. The number of ether oxygens (including phenoxy) is 1. The summed E-state index contributed by atoms with van der Waals surface area (Å²) in [7, 11) is 3.52. The first-order valence-corrected chi connectivity index (χ1v) is 5.34. The van der Waals surface area contributed by atoms with Gasteiger partial charge in [-0.2, -0.15) is 0 Å². The number of rotatable bonds is 3. The SMILES string of the molecule is CN(C)C(=O)N1CCC(OCCO)CC1. The molecule has 5 heteroatoms. The van der Waals surface area contributed by atoms with E-state index in [1.807, 2.05) is 4.90 Å². The second-order valence-electron chi connectivity index (χ2n) is 3.96. The number of amides is 2. The third kappa shape index (κ3) is 3.68. The van der Waals surface area contributed by atoms with Crippen LogP contribution < -0.4 is 0 Å². The van der Waals surface area contributed by atoms with Crippen LogP contribution in [0.1, 0.15) is 12.8 Å². The monoisotopic (exact) mass is 216 g/mol. The Balaban J connectivity index is 2.26. The lowest BCUT2D eigenvalue weighted by atomic mass is 10.1. The summed E-state index contributed by atoms with van der Waals surface area (Å²) in [5.74, 6) is 0. The maximum atomic E-state index is 11.6. The molecule has 88 valence electrons. The van der Waals surface area contributed by atoms with E-state index >= 15 is 0 Å². The summed E-state index contributed by atoms with van der Waals surface area (Å²) in [6, 6.07) is 0.0654. The van der Waals surface area contributed by atoms with Gasteiger partial charge in [0.25, 0.3) is 0 Å². The fourth-order valence-corrected chi connectivity index (χ4v) is 1.72. The van der Waals surface area contributed by atoms with Gasteiger partial charge in [0, 0.05) is 27.2 Å². The van der Waals surface area contributed by atoms with Gasteiger partial charge in [-0.25, -0.2) is 4.79 Å². The van der Waals surface area contributed by atoms with Crippen molar-refractivity contribution in [3.05, 3.63) is 0 Å². The highest BCUT2D eigenvalue weighted by Gasteiger charge is 2.23. The second kappa shape index (κ2) is 5.92. The molecule has 1 heterocycles. The van der Waals surface area contributed by atoms with E-state index in [9.17, 15) is 4.79 Å². The number of nitrogens with zero attached hydrogens (tertiary/aromatic N) is 2. The van der Waals surface area contributed by atoms with E-state index in [2.05, 4.69) is 0 Å². The molecule has 1 rings (SSSR count). The molecule has 0 saturated carbocycles. The van der Waals surface area contributed by atoms with E-state index in [0.29, 0.717) is 6.61 Å².